The van der Waals surface area contributed by atoms with Gasteiger partial charge in [0.2, 0.25) is 5.89 Å². The fourth-order valence-electron chi connectivity index (χ4n) is 2.81. The second kappa shape index (κ2) is 5.29. The van der Waals surface area contributed by atoms with E-state index in [2.05, 4.69) is 25.4 Å². The smallest absolute Gasteiger partial charge is 0.231 e. The summed E-state index contributed by atoms with van der Waals surface area (Å²) in [6.07, 6.45) is 2.84. The van der Waals surface area contributed by atoms with Gasteiger partial charge >= 0.3 is 0 Å². The van der Waals surface area contributed by atoms with Gasteiger partial charge in [-0.2, -0.15) is 4.98 Å². The van der Waals surface area contributed by atoms with Crippen LogP contribution < -0.4 is 5.32 Å². The highest BCUT2D eigenvalue weighted by atomic mass is 16.5. The molecule has 0 bridgehead atoms. The normalized spacial score (nSPS) is 19.1. The molecule has 6 nitrogen and oxygen atoms in total. The third-order valence-electron chi connectivity index (χ3n) is 3.89. The van der Waals surface area contributed by atoms with Crippen molar-refractivity contribution in [2.45, 2.75) is 25.2 Å². The molecular weight excluding hydrogens is 266 g/mol. The van der Waals surface area contributed by atoms with Gasteiger partial charge in [-0.15, -0.1) is 0 Å². The standard InChI is InChI=1S/C15H17N5O/c1-2-6-12-11(5-1)17-13(18-12)8-14-19-15(21-20-14)10-4-3-7-16-9-10/h1-2,5-6,10,16H,3-4,7-9H2,(H,17,18)/t10-/m0/s1. The van der Waals surface area contributed by atoms with E-state index in [1.807, 2.05) is 24.3 Å². The number of aromatic nitrogens is 4. The van der Waals surface area contributed by atoms with E-state index in [-0.39, 0.29) is 0 Å². The van der Waals surface area contributed by atoms with Crippen molar-refractivity contribution >= 4 is 11.0 Å². The zero-order valence-electron chi connectivity index (χ0n) is 11.7. The van der Waals surface area contributed by atoms with Crippen molar-refractivity contribution in [1.82, 2.24) is 25.4 Å². The molecule has 108 valence electrons. The summed E-state index contributed by atoms with van der Waals surface area (Å²) in [7, 11) is 0. The lowest BCUT2D eigenvalue weighted by Crippen LogP contribution is -2.28. The number of hydrogen-bond acceptors (Lipinski definition) is 5. The summed E-state index contributed by atoms with van der Waals surface area (Å²) in [6, 6.07) is 7.98. The maximum Gasteiger partial charge on any atom is 0.231 e. The van der Waals surface area contributed by atoms with Gasteiger partial charge in [0.1, 0.15) is 5.82 Å². The average Bonchev–Trinajstić information content (AvgIpc) is 3.14. The Balaban J connectivity index is 1.52. The molecule has 0 aliphatic carbocycles. The minimum Gasteiger partial charge on any atom is -0.342 e. The predicted molar refractivity (Wildman–Crippen MR) is 78.0 cm³/mol. The van der Waals surface area contributed by atoms with E-state index < -0.39 is 0 Å². The van der Waals surface area contributed by atoms with Crippen molar-refractivity contribution < 1.29 is 4.52 Å². The zero-order chi connectivity index (χ0) is 14.1. The van der Waals surface area contributed by atoms with Gasteiger partial charge in [0.15, 0.2) is 5.82 Å². The van der Waals surface area contributed by atoms with E-state index in [9.17, 15) is 0 Å². The van der Waals surface area contributed by atoms with Crippen LogP contribution in [0, 0.1) is 0 Å². The van der Waals surface area contributed by atoms with Crippen LogP contribution in [0.5, 0.6) is 0 Å². The number of fused-ring (bicyclic) bond motifs is 1. The minimum absolute atomic E-state index is 0.343. The molecule has 0 saturated carbocycles. The van der Waals surface area contributed by atoms with E-state index in [0.29, 0.717) is 18.2 Å². The highest BCUT2D eigenvalue weighted by Crippen LogP contribution is 2.22. The summed E-state index contributed by atoms with van der Waals surface area (Å²) in [5, 5.41) is 7.45. The van der Waals surface area contributed by atoms with Gasteiger partial charge < -0.3 is 14.8 Å². The molecule has 1 aliphatic heterocycles. The van der Waals surface area contributed by atoms with Crippen LogP contribution in [0.25, 0.3) is 11.0 Å². The van der Waals surface area contributed by atoms with Crippen LogP contribution in [-0.4, -0.2) is 33.2 Å². The third-order valence-corrected chi connectivity index (χ3v) is 3.89. The first kappa shape index (κ1) is 12.5. The van der Waals surface area contributed by atoms with Crippen LogP contribution in [0.3, 0.4) is 0 Å². The maximum absolute atomic E-state index is 5.41. The van der Waals surface area contributed by atoms with Gasteiger partial charge in [0, 0.05) is 6.54 Å². The van der Waals surface area contributed by atoms with Gasteiger partial charge in [-0.25, -0.2) is 4.98 Å². The Kier molecular flexibility index (Phi) is 3.16. The number of hydrogen-bond donors (Lipinski definition) is 2. The van der Waals surface area contributed by atoms with E-state index in [1.165, 1.54) is 0 Å². The molecule has 2 N–H and O–H groups in total. The molecule has 0 unspecified atom stereocenters. The summed E-state index contributed by atoms with van der Waals surface area (Å²) in [4.78, 5) is 12.3. The molecule has 3 aromatic rings. The molecule has 6 heteroatoms. The van der Waals surface area contributed by atoms with Crippen LogP contribution in [0.2, 0.25) is 0 Å². The number of benzene rings is 1. The molecule has 1 atom stereocenters. The topological polar surface area (TPSA) is 79.6 Å². The SMILES string of the molecule is c1ccc2[nH]c(Cc3noc([C@H]4CCCNC4)n3)nc2c1. The van der Waals surface area contributed by atoms with Crippen LogP contribution in [0.15, 0.2) is 28.8 Å². The number of imidazole rings is 1. The molecule has 4 rings (SSSR count). The van der Waals surface area contributed by atoms with Crippen molar-refractivity contribution in [2.24, 2.45) is 0 Å². The summed E-state index contributed by atoms with van der Waals surface area (Å²) >= 11 is 0. The molecule has 3 heterocycles. The van der Waals surface area contributed by atoms with Crippen LogP contribution in [0.4, 0.5) is 0 Å². The Morgan fingerprint density at radius 1 is 1.24 bits per heavy atom. The Bertz CT molecular complexity index is 708. The van der Waals surface area contributed by atoms with Gasteiger partial charge in [-0.3, -0.25) is 0 Å². The average molecular weight is 283 g/mol. The van der Waals surface area contributed by atoms with Crippen molar-refractivity contribution in [1.29, 1.82) is 0 Å². The van der Waals surface area contributed by atoms with Crippen molar-refractivity contribution in [2.75, 3.05) is 13.1 Å². The van der Waals surface area contributed by atoms with E-state index in [1.54, 1.807) is 0 Å². The summed E-state index contributed by atoms with van der Waals surface area (Å²) in [5.41, 5.74) is 2.00. The molecule has 1 aromatic carbocycles. The van der Waals surface area contributed by atoms with Gasteiger partial charge in [0.25, 0.3) is 0 Å². The highest BCUT2D eigenvalue weighted by Gasteiger charge is 2.21. The summed E-state index contributed by atoms with van der Waals surface area (Å²) < 4.78 is 5.41. The van der Waals surface area contributed by atoms with Gasteiger partial charge in [-0.05, 0) is 31.5 Å². The van der Waals surface area contributed by atoms with Crippen molar-refractivity contribution in [3.05, 3.63) is 41.8 Å². The van der Waals surface area contributed by atoms with Crippen molar-refractivity contribution in [3.63, 3.8) is 0 Å². The van der Waals surface area contributed by atoms with Crippen LogP contribution in [0.1, 0.15) is 36.3 Å². The number of H-pyrrole nitrogens is 1. The number of piperidine rings is 1. The number of rotatable bonds is 3. The number of aromatic amines is 1. The lowest BCUT2D eigenvalue weighted by atomic mass is 10.00. The third kappa shape index (κ3) is 2.54. The predicted octanol–water partition coefficient (Wildman–Crippen LogP) is 2.00. The second-order valence-corrected chi connectivity index (χ2v) is 5.47. The molecule has 21 heavy (non-hydrogen) atoms. The van der Waals surface area contributed by atoms with Gasteiger partial charge in [-0.1, -0.05) is 17.3 Å². The Morgan fingerprint density at radius 3 is 3.05 bits per heavy atom. The summed E-state index contributed by atoms with van der Waals surface area (Å²) in [5.74, 6) is 2.64. The summed E-state index contributed by atoms with van der Waals surface area (Å²) in [6.45, 7) is 2.00. The Hall–Kier alpha value is -2.21. The lowest BCUT2D eigenvalue weighted by molar-refractivity contribution is 0.320. The molecule has 0 amide bonds. The Morgan fingerprint density at radius 2 is 2.19 bits per heavy atom. The number of nitrogens with one attached hydrogen (secondary N) is 2. The van der Waals surface area contributed by atoms with E-state index in [0.717, 1.165) is 48.7 Å². The monoisotopic (exact) mass is 283 g/mol. The van der Waals surface area contributed by atoms with Gasteiger partial charge in [0.05, 0.1) is 23.4 Å². The largest absolute Gasteiger partial charge is 0.342 e. The highest BCUT2D eigenvalue weighted by molar-refractivity contribution is 5.74. The number of para-hydroxylation sites is 2. The molecular formula is C15H17N5O. The quantitative estimate of drug-likeness (QED) is 0.768. The number of nitrogens with zero attached hydrogens (tertiary/aromatic N) is 3. The minimum atomic E-state index is 0.343. The Labute approximate surface area is 122 Å². The first-order valence-corrected chi connectivity index (χ1v) is 7.35. The molecule has 0 spiro atoms. The molecule has 1 aliphatic rings. The fraction of sp³-hybridized carbons (Fsp3) is 0.400. The van der Waals surface area contributed by atoms with E-state index in [4.69, 9.17) is 4.52 Å². The zero-order valence-corrected chi connectivity index (χ0v) is 11.7. The second-order valence-electron chi connectivity index (χ2n) is 5.47. The fourth-order valence-corrected chi connectivity index (χ4v) is 2.81. The first-order chi connectivity index (χ1) is 10.4. The van der Waals surface area contributed by atoms with Crippen LogP contribution >= 0.6 is 0 Å². The van der Waals surface area contributed by atoms with Crippen molar-refractivity contribution in [3.8, 4) is 0 Å². The molecule has 2 aromatic heterocycles. The van der Waals surface area contributed by atoms with Crippen LogP contribution in [-0.2, 0) is 6.42 Å². The lowest BCUT2D eigenvalue weighted by Gasteiger charge is -2.18. The van der Waals surface area contributed by atoms with E-state index >= 15 is 0 Å². The molecule has 0 radical (unpaired) electrons. The molecule has 1 fully saturated rings. The maximum atomic E-state index is 5.41. The first-order valence-electron chi connectivity index (χ1n) is 7.35. The molecule has 1 saturated heterocycles.